The van der Waals surface area contributed by atoms with Crippen molar-refractivity contribution >= 4 is 28.6 Å². The van der Waals surface area contributed by atoms with Gasteiger partial charge in [-0.2, -0.15) is 0 Å². The van der Waals surface area contributed by atoms with Gasteiger partial charge in [0.05, 0.1) is 11.2 Å². The highest BCUT2D eigenvalue weighted by Gasteiger charge is 1.94. The van der Waals surface area contributed by atoms with E-state index in [-0.39, 0.29) is 0 Å². The molecule has 0 atom stereocenters. The number of allylic oxidation sites excluding steroid dienone is 1. The highest BCUT2D eigenvalue weighted by Crippen LogP contribution is 2.14. The van der Waals surface area contributed by atoms with E-state index in [1.807, 2.05) is 49.4 Å². The Balaban J connectivity index is 2.57. The first-order valence-corrected chi connectivity index (χ1v) is 4.83. The van der Waals surface area contributed by atoms with E-state index in [0.717, 1.165) is 21.6 Å². The van der Waals surface area contributed by atoms with E-state index in [2.05, 4.69) is 4.98 Å². The fraction of sp³-hybridized carbons (Fsp3) is 0.0833. The topological polar surface area (TPSA) is 12.9 Å². The Hall–Kier alpha value is -1.34. The van der Waals surface area contributed by atoms with E-state index in [4.69, 9.17) is 11.6 Å². The van der Waals surface area contributed by atoms with Crippen molar-refractivity contribution in [1.29, 1.82) is 0 Å². The van der Waals surface area contributed by atoms with Gasteiger partial charge in [-0.05, 0) is 25.1 Å². The largest absolute Gasteiger partial charge is 0.248 e. The van der Waals surface area contributed by atoms with Crippen molar-refractivity contribution in [2.24, 2.45) is 0 Å². The van der Waals surface area contributed by atoms with Gasteiger partial charge in [0.15, 0.2) is 0 Å². The quantitative estimate of drug-likeness (QED) is 0.687. The highest BCUT2D eigenvalue weighted by atomic mass is 35.5. The van der Waals surface area contributed by atoms with Gasteiger partial charge in [-0.3, -0.25) is 0 Å². The molecule has 0 spiro atoms. The number of halogens is 1. The van der Waals surface area contributed by atoms with E-state index in [1.54, 1.807) is 0 Å². The van der Waals surface area contributed by atoms with E-state index < -0.39 is 0 Å². The second kappa shape index (κ2) is 3.81. The van der Waals surface area contributed by atoms with Gasteiger partial charge in [0.2, 0.25) is 0 Å². The first-order chi connectivity index (χ1) is 6.75. The summed E-state index contributed by atoms with van der Waals surface area (Å²) in [6, 6.07) is 12.0. The summed E-state index contributed by atoms with van der Waals surface area (Å²) in [5.41, 5.74) is 1.90. The van der Waals surface area contributed by atoms with Crippen LogP contribution in [0.15, 0.2) is 41.4 Å². The van der Waals surface area contributed by atoms with Gasteiger partial charge < -0.3 is 0 Å². The number of aromatic nitrogens is 1. The molecule has 70 valence electrons. The zero-order valence-electron chi connectivity index (χ0n) is 7.87. The molecule has 0 aliphatic rings. The van der Waals surface area contributed by atoms with Gasteiger partial charge in [0.25, 0.3) is 0 Å². The van der Waals surface area contributed by atoms with Gasteiger partial charge in [0, 0.05) is 10.4 Å². The Bertz CT molecular complexity index is 484. The van der Waals surface area contributed by atoms with Gasteiger partial charge in [0.1, 0.15) is 0 Å². The molecule has 0 fully saturated rings. The van der Waals surface area contributed by atoms with Crippen LogP contribution in [0.1, 0.15) is 12.6 Å². The molecular formula is C12H10ClN. The molecule has 14 heavy (non-hydrogen) atoms. The Morgan fingerprint density at radius 1 is 1.21 bits per heavy atom. The zero-order valence-corrected chi connectivity index (χ0v) is 8.62. The Morgan fingerprint density at radius 2 is 2.00 bits per heavy atom. The summed E-state index contributed by atoms with van der Waals surface area (Å²) < 4.78 is 0. The SMILES string of the molecule is CC(Cl)=Cc1ccc2ccccc2n1. The molecule has 0 saturated carbocycles. The Kier molecular flexibility index (Phi) is 2.51. The zero-order chi connectivity index (χ0) is 9.97. The number of benzene rings is 1. The van der Waals surface area contributed by atoms with Crippen molar-refractivity contribution in [2.45, 2.75) is 6.92 Å². The molecule has 2 rings (SSSR count). The number of nitrogens with zero attached hydrogens (tertiary/aromatic N) is 1. The van der Waals surface area contributed by atoms with Crippen molar-refractivity contribution in [2.75, 3.05) is 0 Å². The molecule has 0 radical (unpaired) electrons. The van der Waals surface area contributed by atoms with Crippen molar-refractivity contribution in [3.63, 3.8) is 0 Å². The van der Waals surface area contributed by atoms with E-state index in [1.165, 1.54) is 0 Å². The molecule has 0 aliphatic carbocycles. The number of para-hydroxylation sites is 1. The van der Waals surface area contributed by atoms with E-state index in [0.29, 0.717) is 0 Å². The van der Waals surface area contributed by atoms with Crippen LogP contribution in [0.2, 0.25) is 0 Å². The number of fused-ring (bicyclic) bond motifs is 1. The summed E-state index contributed by atoms with van der Waals surface area (Å²) in [5.74, 6) is 0. The molecular weight excluding hydrogens is 194 g/mol. The van der Waals surface area contributed by atoms with Gasteiger partial charge in [-0.1, -0.05) is 35.9 Å². The maximum Gasteiger partial charge on any atom is 0.0709 e. The minimum Gasteiger partial charge on any atom is -0.248 e. The molecule has 1 aromatic carbocycles. The Labute approximate surface area is 88.0 Å². The summed E-state index contributed by atoms with van der Waals surface area (Å²) in [5, 5.41) is 1.89. The average molecular weight is 204 g/mol. The lowest BCUT2D eigenvalue weighted by Gasteiger charge is -1.98. The lowest BCUT2D eigenvalue weighted by molar-refractivity contribution is 1.37. The van der Waals surface area contributed by atoms with Crippen LogP contribution in [0.4, 0.5) is 0 Å². The molecule has 2 aromatic rings. The normalized spacial score (nSPS) is 12.0. The fourth-order valence-electron chi connectivity index (χ4n) is 1.37. The van der Waals surface area contributed by atoms with Crippen LogP contribution in [-0.2, 0) is 0 Å². The van der Waals surface area contributed by atoms with Gasteiger partial charge >= 0.3 is 0 Å². The van der Waals surface area contributed by atoms with Crippen molar-refractivity contribution in [3.05, 3.63) is 47.1 Å². The molecule has 1 aromatic heterocycles. The van der Waals surface area contributed by atoms with Crippen LogP contribution >= 0.6 is 11.6 Å². The number of pyridine rings is 1. The third-order valence-corrected chi connectivity index (χ3v) is 2.08. The van der Waals surface area contributed by atoms with Crippen molar-refractivity contribution < 1.29 is 0 Å². The maximum absolute atomic E-state index is 5.78. The average Bonchev–Trinajstić information content (AvgIpc) is 2.17. The minimum atomic E-state index is 0.743. The molecule has 0 unspecified atom stereocenters. The molecule has 0 saturated heterocycles. The standard InChI is InChI=1S/C12H10ClN/c1-9(13)8-11-7-6-10-4-2-3-5-12(10)14-11/h2-8H,1H3. The van der Waals surface area contributed by atoms with E-state index in [9.17, 15) is 0 Å². The van der Waals surface area contributed by atoms with Gasteiger partial charge in [-0.25, -0.2) is 4.98 Å². The highest BCUT2D eigenvalue weighted by molar-refractivity contribution is 6.31. The van der Waals surface area contributed by atoms with Crippen molar-refractivity contribution in [3.8, 4) is 0 Å². The summed E-state index contributed by atoms with van der Waals surface area (Å²) in [4.78, 5) is 4.45. The van der Waals surface area contributed by atoms with Gasteiger partial charge in [-0.15, -0.1) is 0 Å². The molecule has 0 N–H and O–H groups in total. The molecule has 0 amide bonds. The molecule has 1 nitrogen and oxygen atoms in total. The second-order valence-corrected chi connectivity index (χ2v) is 3.76. The summed E-state index contributed by atoms with van der Waals surface area (Å²) in [7, 11) is 0. The van der Waals surface area contributed by atoms with Crippen LogP contribution in [0, 0.1) is 0 Å². The predicted molar refractivity (Wildman–Crippen MR) is 61.2 cm³/mol. The Morgan fingerprint density at radius 3 is 2.79 bits per heavy atom. The fourth-order valence-corrected chi connectivity index (χ4v) is 1.48. The van der Waals surface area contributed by atoms with Crippen LogP contribution in [0.25, 0.3) is 17.0 Å². The minimum absolute atomic E-state index is 0.743. The van der Waals surface area contributed by atoms with Crippen LogP contribution in [-0.4, -0.2) is 4.98 Å². The maximum atomic E-state index is 5.78. The predicted octanol–water partition coefficient (Wildman–Crippen LogP) is 3.83. The number of rotatable bonds is 1. The lowest BCUT2D eigenvalue weighted by atomic mass is 10.2. The smallest absolute Gasteiger partial charge is 0.0709 e. The third kappa shape index (κ3) is 1.94. The van der Waals surface area contributed by atoms with Crippen LogP contribution < -0.4 is 0 Å². The summed E-state index contributed by atoms with van der Waals surface area (Å²) in [6.07, 6.45) is 1.86. The first kappa shape index (κ1) is 9.22. The molecule has 0 bridgehead atoms. The molecule has 2 heteroatoms. The molecule has 1 heterocycles. The number of hydrogen-bond acceptors (Lipinski definition) is 1. The molecule has 0 aliphatic heterocycles. The summed E-state index contributed by atoms with van der Waals surface area (Å²) in [6.45, 7) is 1.85. The second-order valence-electron chi connectivity index (χ2n) is 3.16. The third-order valence-electron chi connectivity index (χ3n) is 1.97. The van der Waals surface area contributed by atoms with Crippen LogP contribution in [0.5, 0.6) is 0 Å². The number of hydrogen-bond donors (Lipinski definition) is 0. The lowest BCUT2D eigenvalue weighted by Crippen LogP contribution is -1.82. The summed E-state index contributed by atoms with van der Waals surface area (Å²) >= 11 is 5.78. The first-order valence-electron chi connectivity index (χ1n) is 4.45. The van der Waals surface area contributed by atoms with E-state index >= 15 is 0 Å². The van der Waals surface area contributed by atoms with Crippen LogP contribution in [0.3, 0.4) is 0 Å². The monoisotopic (exact) mass is 203 g/mol. The van der Waals surface area contributed by atoms with Crippen molar-refractivity contribution in [1.82, 2.24) is 4.98 Å².